The van der Waals surface area contributed by atoms with E-state index in [9.17, 15) is 4.79 Å². The summed E-state index contributed by atoms with van der Waals surface area (Å²) < 4.78 is 0. The predicted octanol–water partition coefficient (Wildman–Crippen LogP) is 0.932. The number of hydrogen-bond donors (Lipinski definition) is 1. The standard InChI is InChI=1S/C13H23N5O/c1-5-8-18(10-9-17(3)4)13(19)11-6-7-12(14-2)16-15-11/h6-7H,5,8-10H2,1-4H3,(H,14,16). The van der Waals surface area contributed by atoms with Gasteiger partial charge in [-0.3, -0.25) is 4.79 Å². The van der Waals surface area contributed by atoms with Gasteiger partial charge in [-0.05, 0) is 32.6 Å². The van der Waals surface area contributed by atoms with Crippen molar-refractivity contribution in [3.63, 3.8) is 0 Å². The zero-order valence-electron chi connectivity index (χ0n) is 12.2. The van der Waals surface area contributed by atoms with Crippen molar-refractivity contribution in [3.8, 4) is 0 Å². The smallest absolute Gasteiger partial charge is 0.274 e. The van der Waals surface area contributed by atoms with Crippen LogP contribution in [-0.4, -0.2) is 66.7 Å². The molecule has 6 heteroatoms. The van der Waals surface area contributed by atoms with Gasteiger partial charge in [-0.2, -0.15) is 0 Å². The van der Waals surface area contributed by atoms with E-state index in [0.29, 0.717) is 18.1 Å². The quantitative estimate of drug-likeness (QED) is 0.795. The van der Waals surface area contributed by atoms with Crippen LogP contribution in [0.1, 0.15) is 23.8 Å². The number of aromatic nitrogens is 2. The van der Waals surface area contributed by atoms with Gasteiger partial charge in [0.25, 0.3) is 5.91 Å². The van der Waals surface area contributed by atoms with Crippen LogP contribution in [0.25, 0.3) is 0 Å². The third-order valence-corrected chi connectivity index (χ3v) is 2.74. The molecule has 0 fully saturated rings. The van der Waals surface area contributed by atoms with Crippen molar-refractivity contribution in [3.05, 3.63) is 17.8 Å². The summed E-state index contributed by atoms with van der Waals surface area (Å²) in [7, 11) is 5.76. The average molecular weight is 265 g/mol. The summed E-state index contributed by atoms with van der Waals surface area (Å²) in [4.78, 5) is 16.2. The molecule has 1 aromatic rings. The molecule has 0 aliphatic rings. The van der Waals surface area contributed by atoms with Crippen LogP contribution in [-0.2, 0) is 0 Å². The number of amides is 1. The van der Waals surface area contributed by atoms with Crippen LogP contribution < -0.4 is 5.32 Å². The monoisotopic (exact) mass is 265 g/mol. The van der Waals surface area contributed by atoms with Crippen LogP contribution in [0.4, 0.5) is 5.82 Å². The molecule has 0 saturated heterocycles. The van der Waals surface area contributed by atoms with Crippen LogP contribution in [0.3, 0.4) is 0 Å². The molecule has 6 nitrogen and oxygen atoms in total. The normalized spacial score (nSPS) is 10.6. The summed E-state index contributed by atoms with van der Waals surface area (Å²) in [5.41, 5.74) is 0.395. The summed E-state index contributed by atoms with van der Waals surface area (Å²) in [5.74, 6) is 0.603. The number of rotatable bonds is 7. The number of hydrogen-bond acceptors (Lipinski definition) is 5. The second-order valence-electron chi connectivity index (χ2n) is 4.65. The van der Waals surface area contributed by atoms with Crippen molar-refractivity contribution in [2.24, 2.45) is 0 Å². The fraction of sp³-hybridized carbons (Fsp3) is 0.615. The number of carbonyl (C=O) groups excluding carboxylic acids is 1. The van der Waals surface area contributed by atoms with Gasteiger partial charge in [-0.15, -0.1) is 10.2 Å². The van der Waals surface area contributed by atoms with Gasteiger partial charge in [0.1, 0.15) is 5.82 Å². The first kappa shape index (κ1) is 15.4. The molecule has 1 rings (SSSR count). The lowest BCUT2D eigenvalue weighted by atomic mass is 10.3. The number of carbonyl (C=O) groups is 1. The highest BCUT2D eigenvalue weighted by Crippen LogP contribution is 2.05. The zero-order chi connectivity index (χ0) is 14.3. The highest BCUT2D eigenvalue weighted by atomic mass is 16.2. The Kier molecular flexibility index (Phi) is 6.21. The van der Waals surface area contributed by atoms with Crippen LogP contribution in [0, 0.1) is 0 Å². The van der Waals surface area contributed by atoms with Crippen molar-refractivity contribution in [1.29, 1.82) is 0 Å². The molecule has 0 bridgehead atoms. The summed E-state index contributed by atoms with van der Waals surface area (Å²) in [6, 6.07) is 3.47. The molecule has 1 amide bonds. The number of likely N-dealkylation sites (N-methyl/N-ethyl adjacent to an activating group) is 1. The first-order valence-corrected chi connectivity index (χ1v) is 6.54. The maximum atomic E-state index is 12.3. The highest BCUT2D eigenvalue weighted by Gasteiger charge is 2.16. The summed E-state index contributed by atoms with van der Waals surface area (Å²) >= 11 is 0. The van der Waals surface area contributed by atoms with E-state index >= 15 is 0 Å². The van der Waals surface area contributed by atoms with Gasteiger partial charge in [0.15, 0.2) is 5.69 Å². The van der Waals surface area contributed by atoms with E-state index in [0.717, 1.165) is 19.5 Å². The first-order valence-electron chi connectivity index (χ1n) is 6.54. The van der Waals surface area contributed by atoms with Gasteiger partial charge in [-0.25, -0.2) is 0 Å². The Hall–Kier alpha value is -1.69. The van der Waals surface area contributed by atoms with E-state index in [1.54, 1.807) is 19.2 Å². The van der Waals surface area contributed by atoms with E-state index in [1.807, 2.05) is 19.0 Å². The van der Waals surface area contributed by atoms with Crippen molar-refractivity contribution in [1.82, 2.24) is 20.0 Å². The molecule has 0 aromatic carbocycles. The molecule has 1 N–H and O–H groups in total. The maximum Gasteiger partial charge on any atom is 0.274 e. The molecule has 19 heavy (non-hydrogen) atoms. The lowest BCUT2D eigenvalue weighted by molar-refractivity contribution is 0.0738. The van der Waals surface area contributed by atoms with Gasteiger partial charge in [0.05, 0.1) is 0 Å². The minimum absolute atomic E-state index is 0.0566. The van der Waals surface area contributed by atoms with E-state index in [1.165, 1.54) is 0 Å². The van der Waals surface area contributed by atoms with Crippen molar-refractivity contribution < 1.29 is 4.79 Å². The van der Waals surface area contributed by atoms with Crippen LogP contribution in [0.15, 0.2) is 12.1 Å². The molecule has 0 aliphatic heterocycles. The minimum atomic E-state index is -0.0566. The summed E-state index contributed by atoms with van der Waals surface area (Å²) in [5, 5.41) is 10.8. The molecule has 0 saturated carbocycles. The molecule has 0 atom stereocenters. The average Bonchev–Trinajstić information content (AvgIpc) is 2.42. The lowest BCUT2D eigenvalue weighted by Crippen LogP contribution is -2.37. The van der Waals surface area contributed by atoms with E-state index in [4.69, 9.17) is 0 Å². The van der Waals surface area contributed by atoms with E-state index in [2.05, 4.69) is 27.3 Å². The Morgan fingerprint density at radius 1 is 1.21 bits per heavy atom. The molecule has 0 radical (unpaired) electrons. The molecule has 0 aliphatic carbocycles. The zero-order valence-corrected chi connectivity index (χ0v) is 12.2. The van der Waals surface area contributed by atoms with Crippen molar-refractivity contribution in [2.45, 2.75) is 13.3 Å². The fourth-order valence-corrected chi connectivity index (χ4v) is 1.65. The van der Waals surface area contributed by atoms with E-state index in [-0.39, 0.29) is 5.91 Å². The Morgan fingerprint density at radius 2 is 1.95 bits per heavy atom. The summed E-state index contributed by atoms with van der Waals surface area (Å²) in [6.07, 6.45) is 0.932. The minimum Gasteiger partial charge on any atom is -0.372 e. The van der Waals surface area contributed by atoms with Gasteiger partial charge < -0.3 is 15.1 Å². The molecule has 0 spiro atoms. The largest absolute Gasteiger partial charge is 0.372 e. The van der Waals surface area contributed by atoms with Gasteiger partial charge in [0.2, 0.25) is 0 Å². The Morgan fingerprint density at radius 3 is 2.42 bits per heavy atom. The Labute approximate surface area is 114 Å². The maximum absolute atomic E-state index is 12.3. The lowest BCUT2D eigenvalue weighted by Gasteiger charge is -2.23. The van der Waals surface area contributed by atoms with Gasteiger partial charge in [-0.1, -0.05) is 6.92 Å². The Balaban J connectivity index is 2.73. The Bertz CT molecular complexity index is 391. The number of nitrogens with one attached hydrogen (secondary N) is 1. The topological polar surface area (TPSA) is 61.4 Å². The van der Waals surface area contributed by atoms with Crippen molar-refractivity contribution >= 4 is 11.7 Å². The van der Waals surface area contributed by atoms with Crippen molar-refractivity contribution in [2.75, 3.05) is 46.1 Å². The third kappa shape index (κ3) is 4.82. The predicted molar refractivity (Wildman–Crippen MR) is 76.3 cm³/mol. The second-order valence-corrected chi connectivity index (χ2v) is 4.65. The molecule has 1 heterocycles. The molecular formula is C13H23N5O. The van der Waals surface area contributed by atoms with Gasteiger partial charge in [0, 0.05) is 26.7 Å². The summed E-state index contributed by atoms with van der Waals surface area (Å²) in [6.45, 7) is 4.34. The number of nitrogens with zero attached hydrogens (tertiary/aromatic N) is 4. The highest BCUT2D eigenvalue weighted by molar-refractivity contribution is 5.92. The molecule has 1 aromatic heterocycles. The van der Waals surface area contributed by atoms with Crippen LogP contribution in [0.2, 0.25) is 0 Å². The second kappa shape index (κ2) is 7.68. The molecule has 0 unspecified atom stereocenters. The molecule has 106 valence electrons. The van der Waals surface area contributed by atoms with E-state index < -0.39 is 0 Å². The fourth-order valence-electron chi connectivity index (χ4n) is 1.65. The van der Waals surface area contributed by atoms with Crippen LogP contribution >= 0.6 is 0 Å². The SMILES string of the molecule is CCCN(CCN(C)C)C(=O)c1ccc(NC)nn1. The number of anilines is 1. The van der Waals surface area contributed by atoms with Crippen LogP contribution in [0.5, 0.6) is 0 Å². The third-order valence-electron chi connectivity index (χ3n) is 2.74. The molecular weight excluding hydrogens is 242 g/mol. The van der Waals surface area contributed by atoms with Gasteiger partial charge >= 0.3 is 0 Å². The first-order chi connectivity index (χ1) is 9.08.